The summed E-state index contributed by atoms with van der Waals surface area (Å²) in [5.41, 5.74) is -2.91. The fourth-order valence-electron chi connectivity index (χ4n) is 1.48. The first-order chi connectivity index (χ1) is 8.56. The molecule has 2 aromatic rings. The molecule has 2 heterocycles. The fourth-order valence-corrected chi connectivity index (χ4v) is 1.48. The maximum atomic E-state index is 12.4. The predicted octanol–water partition coefficient (Wildman–Crippen LogP) is 2.15. The molecule has 2 aromatic heterocycles. The first kappa shape index (κ1) is 13.4. The Morgan fingerprint density at radius 1 is 1.16 bits per heavy atom. The van der Waals surface area contributed by atoms with Gasteiger partial charge in [-0.05, 0) is 6.07 Å². The van der Waals surface area contributed by atoms with Crippen LogP contribution in [0.2, 0.25) is 0 Å². The van der Waals surface area contributed by atoms with Crippen molar-refractivity contribution in [2.24, 2.45) is 0 Å². The third kappa shape index (κ3) is 2.88. The van der Waals surface area contributed by atoms with Crippen molar-refractivity contribution in [1.82, 2.24) is 14.6 Å². The van der Waals surface area contributed by atoms with E-state index in [1.165, 1.54) is 0 Å². The maximum Gasteiger partial charge on any atom is 0.416 e. The van der Waals surface area contributed by atoms with E-state index < -0.39 is 41.4 Å². The number of aromatic nitrogens is 3. The van der Waals surface area contributed by atoms with Crippen LogP contribution in [0.1, 0.15) is 11.4 Å². The molecular formula is C9H5F6N3O. The summed E-state index contributed by atoms with van der Waals surface area (Å²) in [7, 11) is 0. The van der Waals surface area contributed by atoms with Gasteiger partial charge in [-0.1, -0.05) is 0 Å². The molecule has 2 rings (SSSR count). The van der Waals surface area contributed by atoms with Gasteiger partial charge < -0.3 is 0 Å². The summed E-state index contributed by atoms with van der Waals surface area (Å²) in [4.78, 5) is 14.7. The van der Waals surface area contributed by atoms with Gasteiger partial charge in [0.1, 0.15) is 12.2 Å². The maximum absolute atomic E-state index is 12.4. The van der Waals surface area contributed by atoms with E-state index in [1.54, 1.807) is 0 Å². The second-order valence-corrected chi connectivity index (χ2v) is 3.74. The third-order valence-corrected chi connectivity index (χ3v) is 2.20. The van der Waals surface area contributed by atoms with Crippen LogP contribution in [0, 0.1) is 0 Å². The molecule has 10 heteroatoms. The molecular weight excluding hydrogens is 280 g/mol. The second kappa shape index (κ2) is 4.00. The SMILES string of the molecule is O=c1cc(C(F)(F)F)cc2nc(CC(F)(F)F)[nH]n12. The van der Waals surface area contributed by atoms with Gasteiger partial charge in [-0.25, -0.2) is 9.50 Å². The molecule has 0 aliphatic rings. The first-order valence-electron chi connectivity index (χ1n) is 4.82. The zero-order valence-corrected chi connectivity index (χ0v) is 8.93. The Morgan fingerprint density at radius 3 is 2.32 bits per heavy atom. The van der Waals surface area contributed by atoms with Crippen LogP contribution in [0.25, 0.3) is 5.65 Å². The number of aromatic amines is 1. The molecule has 19 heavy (non-hydrogen) atoms. The van der Waals surface area contributed by atoms with Crippen LogP contribution in [-0.4, -0.2) is 20.8 Å². The highest BCUT2D eigenvalue weighted by atomic mass is 19.4. The van der Waals surface area contributed by atoms with E-state index in [0.29, 0.717) is 10.6 Å². The number of hydrogen-bond donors (Lipinski definition) is 1. The lowest BCUT2D eigenvalue weighted by atomic mass is 10.2. The highest BCUT2D eigenvalue weighted by Crippen LogP contribution is 2.28. The van der Waals surface area contributed by atoms with Gasteiger partial charge in [0.15, 0.2) is 5.65 Å². The van der Waals surface area contributed by atoms with Crippen LogP contribution in [0.5, 0.6) is 0 Å². The van der Waals surface area contributed by atoms with Gasteiger partial charge in [-0.15, -0.1) is 0 Å². The molecule has 1 N–H and O–H groups in total. The van der Waals surface area contributed by atoms with Crippen molar-refractivity contribution in [1.29, 1.82) is 0 Å². The minimum atomic E-state index is -4.77. The second-order valence-electron chi connectivity index (χ2n) is 3.74. The molecule has 0 atom stereocenters. The van der Waals surface area contributed by atoms with Crippen LogP contribution in [0.4, 0.5) is 26.3 Å². The molecule has 0 spiro atoms. The lowest BCUT2D eigenvalue weighted by molar-refractivity contribution is -0.137. The minimum absolute atomic E-state index is 0.280. The summed E-state index contributed by atoms with van der Waals surface area (Å²) in [5, 5.41) is 2.00. The molecule has 0 aromatic carbocycles. The van der Waals surface area contributed by atoms with Crippen LogP contribution in [0.15, 0.2) is 16.9 Å². The molecule has 104 valence electrons. The van der Waals surface area contributed by atoms with Crippen LogP contribution < -0.4 is 5.56 Å². The zero-order valence-electron chi connectivity index (χ0n) is 8.93. The average molecular weight is 285 g/mol. The van der Waals surface area contributed by atoms with Crippen molar-refractivity contribution in [3.05, 3.63) is 33.9 Å². The van der Waals surface area contributed by atoms with Crippen molar-refractivity contribution in [3.8, 4) is 0 Å². The molecule has 0 fully saturated rings. The number of H-pyrrole nitrogens is 1. The molecule has 0 aliphatic carbocycles. The van der Waals surface area contributed by atoms with E-state index in [1.807, 2.05) is 5.10 Å². The quantitative estimate of drug-likeness (QED) is 0.816. The van der Waals surface area contributed by atoms with E-state index in [0.717, 1.165) is 0 Å². The minimum Gasteiger partial charge on any atom is -0.276 e. The first-order valence-corrected chi connectivity index (χ1v) is 4.82. The molecule has 0 bridgehead atoms. The lowest BCUT2D eigenvalue weighted by Gasteiger charge is -2.04. The molecule has 0 amide bonds. The lowest BCUT2D eigenvalue weighted by Crippen LogP contribution is -2.18. The summed E-state index contributed by atoms with van der Waals surface area (Å²) in [6.45, 7) is 0. The molecule has 0 aliphatic heterocycles. The number of nitrogens with zero attached hydrogens (tertiary/aromatic N) is 2. The normalized spacial score (nSPS) is 13.2. The van der Waals surface area contributed by atoms with Gasteiger partial charge in [0.2, 0.25) is 0 Å². The van der Waals surface area contributed by atoms with E-state index in [2.05, 4.69) is 4.98 Å². The number of rotatable bonds is 1. The number of halogens is 6. The van der Waals surface area contributed by atoms with Crippen LogP contribution in [0.3, 0.4) is 0 Å². The van der Waals surface area contributed by atoms with Crippen molar-refractivity contribution in [3.63, 3.8) is 0 Å². The van der Waals surface area contributed by atoms with Crippen molar-refractivity contribution < 1.29 is 26.3 Å². The molecule has 0 unspecified atom stereocenters. The molecule has 4 nitrogen and oxygen atoms in total. The fraction of sp³-hybridized carbons (Fsp3) is 0.333. The Labute approximate surface area is 100 Å². The Kier molecular flexibility index (Phi) is 2.83. The predicted molar refractivity (Wildman–Crippen MR) is 50.6 cm³/mol. The van der Waals surface area contributed by atoms with Gasteiger partial charge in [0.25, 0.3) is 5.56 Å². The third-order valence-electron chi connectivity index (χ3n) is 2.20. The highest BCUT2D eigenvalue weighted by Gasteiger charge is 2.33. The summed E-state index contributed by atoms with van der Waals surface area (Å²) in [6.07, 6.45) is -10.8. The zero-order chi connectivity index (χ0) is 14.4. The Hall–Kier alpha value is -2.00. The average Bonchev–Trinajstić information content (AvgIpc) is 2.56. The van der Waals surface area contributed by atoms with Gasteiger partial charge in [-0.2, -0.15) is 26.3 Å². The number of nitrogens with one attached hydrogen (secondary N) is 1. The van der Waals surface area contributed by atoms with Gasteiger partial charge in [0.05, 0.1) is 5.56 Å². The number of pyridine rings is 1. The van der Waals surface area contributed by atoms with Crippen molar-refractivity contribution in [2.75, 3.05) is 0 Å². The van der Waals surface area contributed by atoms with Crippen LogP contribution in [-0.2, 0) is 12.6 Å². The smallest absolute Gasteiger partial charge is 0.276 e. The largest absolute Gasteiger partial charge is 0.416 e. The topological polar surface area (TPSA) is 50.2 Å². The van der Waals surface area contributed by atoms with E-state index in [9.17, 15) is 31.1 Å². The standard InChI is InChI=1S/C9H5F6N3O/c10-8(11,12)3-5-16-6-1-4(9(13,14)15)2-7(19)18(6)17-5/h1-2H,3H2,(H,16,17). The summed E-state index contributed by atoms with van der Waals surface area (Å²) in [6, 6.07) is 0.778. The molecule has 0 saturated heterocycles. The molecule has 0 saturated carbocycles. The Bertz CT molecular complexity index is 665. The number of alkyl halides is 6. The summed E-state index contributed by atoms with van der Waals surface area (Å²) in [5.74, 6) is -0.635. The number of fused-ring (bicyclic) bond motifs is 1. The van der Waals surface area contributed by atoms with Gasteiger partial charge in [0, 0.05) is 6.07 Å². The van der Waals surface area contributed by atoms with Crippen LogP contribution >= 0.6 is 0 Å². The monoisotopic (exact) mass is 285 g/mol. The van der Waals surface area contributed by atoms with Crippen molar-refractivity contribution in [2.45, 2.75) is 18.8 Å². The van der Waals surface area contributed by atoms with E-state index >= 15 is 0 Å². The molecule has 0 radical (unpaired) electrons. The number of hydrogen-bond acceptors (Lipinski definition) is 2. The summed E-state index contributed by atoms with van der Waals surface area (Å²) < 4.78 is 74.1. The van der Waals surface area contributed by atoms with E-state index in [4.69, 9.17) is 0 Å². The van der Waals surface area contributed by atoms with Crippen molar-refractivity contribution >= 4 is 5.65 Å². The Morgan fingerprint density at radius 2 is 1.79 bits per heavy atom. The van der Waals surface area contributed by atoms with Gasteiger partial charge in [-0.3, -0.25) is 9.89 Å². The highest BCUT2D eigenvalue weighted by molar-refractivity contribution is 5.41. The summed E-state index contributed by atoms with van der Waals surface area (Å²) >= 11 is 0. The Balaban J connectivity index is 2.54. The van der Waals surface area contributed by atoms with E-state index in [-0.39, 0.29) is 6.07 Å². The van der Waals surface area contributed by atoms with Gasteiger partial charge >= 0.3 is 12.4 Å².